The fraction of sp³-hybridized carbons (Fsp3) is 0.143. The second-order valence-corrected chi connectivity index (χ2v) is 5.39. The first kappa shape index (κ1) is 12.5. The summed E-state index contributed by atoms with van der Waals surface area (Å²) < 4.78 is 0. The molecular formula is C14H13ClOS. The third kappa shape index (κ3) is 3.25. The molecule has 0 amide bonds. The molecule has 0 aliphatic rings. The van der Waals surface area contributed by atoms with Gasteiger partial charge in [0.15, 0.2) is 0 Å². The molecular weight excluding hydrogens is 252 g/mol. The first-order valence-electron chi connectivity index (χ1n) is 5.33. The van der Waals surface area contributed by atoms with Crippen LogP contribution in [0.25, 0.3) is 0 Å². The molecule has 0 radical (unpaired) electrons. The van der Waals surface area contributed by atoms with Crippen LogP contribution in [0, 0.1) is 6.92 Å². The lowest BCUT2D eigenvalue weighted by Gasteiger charge is -2.06. The Labute approximate surface area is 110 Å². The van der Waals surface area contributed by atoms with Gasteiger partial charge in [-0.1, -0.05) is 35.5 Å². The first-order valence-corrected chi connectivity index (χ1v) is 6.52. The zero-order valence-electron chi connectivity index (χ0n) is 9.48. The minimum Gasteiger partial charge on any atom is -0.392 e. The molecule has 0 saturated carbocycles. The van der Waals surface area contributed by atoms with Crippen molar-refractivity contribution in [1.29, 1.82) is 0 Å². The van der Waals surface area contributed by atoms with Crippen molar-refractivity contribution in [1.82, 2.24) is 0 Å². The summed E-state index contributed by atoms with van der Waals surface area (Å²) in [5, 5.41) is 9.86. The molecule has 0 heterocycles. The number of aryl methyl sites for hydroxylation is 1. The summed E-state index contributed by atoms with van der Waals surface area (Å²) in [6, 6.07) is 13.8. The SMILES string of the molecule is Cc1cc(Sc2cccc(Cl)c2)ccc1CO. The standard InChI is InChI=1S/C14H13ClOS/c1-10-7-14(6-5-11(10)9-16)17-13-4-2-3-12(15)8-13/h2-8,16H,9H2,1H3. The van der Waals surface area contributed by atoms with Crippen LogP contribution in [0.1, 0.15) is 11.1 Å². The van der Waals surface area contributed by atoms with Crippen LogP contribution in [-0.4, -0.2) is 5.11 Å². The van der Waals surface area contributed by atoms with Crippen LogP contribution in [0.3, 0.4) is 0 Å². The fourth-order valence-electron chi connectivity index (χ4n) is 1.58. The third-order valence-electron chi connectivity index (χ3n) is 2.52. The number of halogens is 1. The smallest absolute Gasteiger partial charge is 0.0684 e. The van der Waals surface area contributed by atoms with E-state index in [9.17, 15) is 0 Å². The van der Waals surface area contributed by atoms with Gasteiger partial charge in [0.2, 0.25) is 0 Å². The van der Waals surface area contributed by atoms with Crippen molar-refractivity contribution in [3.8, 4) is 0 Å². The van der Waals surface area contributed by atoms with Gasteiger partial charge in [0.1, 0.15) is 0 Å². The predicted molar refractivity (Wildman–Crippen MR) is 72.7 cm³/mol. The number of aliphatic hydroxyl groups excluding tert-OH is 1. The van der Waals surface area contributed by atoms with Gasteiger partial charge in [0.25, 0.3) is 0 Å². The minimum atomic E-state index is 0.0912. The molecule has 0 unspecified atom stereocenters. The van der Waals surface area contributed by atoms with Crippen LogP contribution in [-0.2, 0) is 6.61 Å². The van der Waals surface area contributed by atoms with Gasteiger partial charge in [-0.15, -0.1) is 0 Å². The van der Waals surface area contributed by atoms with Gasteiger partial charge >= 0.3 is 0 Å². The maximum atomic E-state index is 9.11. The molecule has 0 aliphatic carbocycles. The molecule has 0 fully saturated rings. The zero-order chi connectivity index (χ0) is 12.3. The molecule has 0 saturated heterocycles. The lowest BCUT2D eigenvalue weighted by molar-refractivity contribution is 0.281. The van der Waals surface area contributed by atoms with Crippen molar-refractivity contribution >= 4 is 23.4 Å². The molecule has 0 bridgehead atoms. The average molecular weight is 265 g/mol. The molecule has 88 valence electrons. The van der Waals surface area contributed by atoms with Gasteiger partial charge < -0.3 is 5.11 Å². The normalized spacial score (nSPS) is 10.5. The summed E-state index contributed by atoms with van der Waals surface area (Å²) in [6.45, 7) is 2.10. The van der Waals surface area contributed by atoms with Crippen LogP contribution in [0.4, 0.5) is 0 Å². The van der Waals surface area contributed by atoms with E-state index in [0.29, 0.717) is 0 Å². The van der Waals surface area contributed by atoms with E-state index in [2.05, 4.69) is 6.07 Å². The Morgan fingerprint density at radius 1 is 1.12 bits per heavy atom. The van der Waals surface area contributed by atoms with E-state index in [0.717, 1.165) is 25.9 Å². The summed E-state index contributed by atoms with van der Waals surface area (Å²) in [4.78, 5) is 2.27. The molecule has 0 spiro atoms. The highest BCUT2D eigenvalue weighted by atomic mass is 35.5. The minimum absolute atomic E-state index is 0.0912. The van der Waals surface area contributed by atoms with E-state index < -0.39 is 0 Å². The molecule has 3 heteroatoms. The van der Waals surface area contributed by atoms with E-state index in [1.165, 1.54) is 0 Å². The maximum Gasteiger partial charge on any atom is 0.0684 e. The van der Waals surface area contributed by atoms with Crippen LogP contribution in [0.2, 0.25) is 5.02 Å². The number of hydrogen-bond acceptors (Lipinski definition) is 2. The molecule has 17 heavy (non-hydrogen) atoms. The van der Waals surface area contributed by atoms with Gasteiger partial charge in [-0.05, 0) is 48.4 Å². The molecule has 2 aromatic carbocycles. The Balaban J connectivity index is 2.22. The van der Waals surface area contributed by atoms with E-state index in [1.54, 1.807) is 11.8 Å². The van der Waals surface area contributed by atoms with Gasteiger partial charge in [-0.3, -0.25) is 0 Å². The molecule has 0 aromatic heterocycles. The van der Waals surface area contributed by atoms with Crippen LogP contribution >= 0.6 is 23.4 Å². The summed E-state index contributed by atoms with van der Waals surface area (Å²) in [5.41, 5.74) is 2.08. The van der Waals surface area contributed by atoms with Crippen molar-refractivity contribution in [2.75, 3.05) is 0 Å². The number of benzene rings is 2. The van der Waals surface area contributed by atoms with Crippen molar-refractivity contribution in [2.45, 2.75) is 23.3 Å². The maximum absolute atomic E-state index is 9.11. The number of rotatable bonds is 3. The van der Waals surface area contributed by atoms with E-state index >= 15 is 0 Å². The largest absolute Gasteiger partial charge is 0.392 e. The number of hydrogen-bond donors (Lipinski definition) is 1. The van der Waals surface area contributed by atoms with Gasteiger partial charge in [0.05, 0.1) is 6.61 Å². The quantitative estimate of drug-likeness (QED) is 0.892. The van der Waals surface area contributed by atoms with Crippen LogP contribution < -0.4 is 0 Å². The monoisotopic (exact) mass is 264 g/mol. The summed E-state index contributed by atoms with van der Waals surface area (Å²) in [6.07, 6.45) is 0. The zero-order valence-corrected chi connectivity index (χ0v) is 11.1. The summed E-state index contributed by atoms with van der Waals surface area (Å²) in [7, 11) is 0. The molecule has 2 rings (SSSR count). The first-order chi connectivity index (χ1) is 8.19. The van der Waals surface area contributed by atoms with Gasteiger partial charge in [-0.25, -0.2) is 0 Å². The lowest BCUT2D eigenvalue weighted by Crippen LogP contribution is -1.88. The van der Waals surface area contributed by atoms with Gasteiger partial charge in [0, 0.05) is 14.8 Å². The molecule has 1 N–H and O–H groups in total. The highest BCUT2D eigenvalue weighted by Crippen LogP contribution is 2.30. The molecule has 1 nitrogen and oxygen atoms in total. The van der Waals surface area contributed by atoms with E-state index in [-0.39, 0.29) is 6.61 Å². The Hall–Kier alpha value is -0.960. The second-order valence-electron chi connectivity index (χ2n) is 3.81. The van der Waals surface area contributed by atoms with E-state index in [1.807, 2.05) is 43.3 Å². The van der Waals surface area contributed by atoms with Crippen LogP contribution in [0.15, 0.2) is 52.3 Å². The Morgan fingerprint density at radius 2 is 1.88 bits per heavy atom. The van der Waals surface area contributed by atoms with Crippen molar-refractivity contribution in [2.24, 2.45) is 0 Å². The molecule has 0 aliphatic heterocycles. The Kier molecular flexibility index (Phi) is 4.11. The van der Waals surface area contributed by atoms with Gasteiger partial charge in [-0.2, -0.15) is 0 Å². The second kappa shape index (κ2) is 5.58. The molecule has 0 atom stereocenters. The average Bonchev–Trinajstić information content (AvgIpc) is 2.29. The summed E-state index contributed by atoms with van der Waals surface area (Å²) >= 11 is 7.61. The van der Waals surface area contributed by atoms with Crippen molar-refractivity contribution in [3.05, 3.63) is 58.6 Å². The Morgan fingerprint density at radius 3 is 2.53 bits per heavy atom. The fourth-order valence-corrected chi connectivity index (χ4v) is 2.81. The number of aliphatic hydroxyl groups is 1. The predicted octanol–water partition coefficient (Wildman–Crippen LogP) is 4.29. The van der Waals surface area contributed by atoms with E-state index in [4.69, 9.17) is 16.7 Å². The highest BCUT2D eigenvalue weighted by molar-refractivity contribution is 7.99. The topological polar surface area (TPSA) is 20.2 Å². The van der Waals surface area contributed by atoms with Crippen molar-refractivity contribution in [3.63, 3.8) is 0 Å². The molecule has 2 aromatic rings. The van der Waals surface area contributed by atoms with Crippen LogP contribution in [0.5, 0.6) is 0 Å². The Bertz CT molecular complexity index is 525. The lowest BCUT2D eigenvalue weighted by atomic mass is 10.1. The van der Waals surface area contributed by atoms with Crippen molar-refractivity contribution < 1.29 is 5.11 Å². The third-order valence-corrected chi connectivity index (χ3v) is 3.73. The summed E-state index contributed by atoms with van der Waals surface area (Å²) in [5.74, 6) is 0. The highest BCUT2D eigenvalue weighted by Gasteiger charge is 2.01.